The molecule has 0 heterocycles. The number of nitrogens with zero attached hydrogens (tertiary/aromatic N) is 1. The molecule has 0 saturated heterocycles. The molecule has 2 rings (SSSR count). The quantitative estimate of drug-likeness (QED) is 0.397. The number of methoxy groups -OCH3 is 1. The third-order valence-electron chi connectivity index (χ3n) is 3.13. The van der Waals surface area contributed by atoms with Gasteiger partial charge in [0.05, 0.1) is 18.1 Å². The molecular weight excluding hydrogens is 386 g/mol. The standard InChI is InChI=1S/C15H10Cl2F3NO4/c1-24-13-7-10(5-11(8-13)21(22)23)14(16,17)9-3-2-4-12(6-9)25-15(18,19)20/h2-8H,1H3. The summed E-state index contributed by atoms with van der Waals surface area (Å²) in [5.41, 5.74) is -0.228. The minimum absolute atomic E-state index is 0.0418. The third kappa shape index (κ3) is 4.67. The second kappa shape index (κ2) is 6.97. The van der Waals surface area contributed by atoms with Crippen LogP contribution in [0.4, 0.5) is 18.9 Å². The molecule has 10 heteroatoms. The Morgan fingerprint density at radius 1 is 1.04 bits per heavy atom. The van der Waals surface area contributed by atoms with Crippen molar-refractivity contribution < 1.29 is 27.6 Å². The fourth-order valence-corrected chi connectivity index (χ4v) is 2.50. The van der Waals surface area contributed by atoms with E-state index in [1.54, 1.807) is 0 Å². The molecular formula is C15H10Cl2F3NO4. The van der Waals surface area contributed by atoms with E-state index in [9.17, 15) is 23.3 Å². The van der Waals surface area contributed by atoms with E-state index in [0.29, 0.717) is 0 Å². The fourth-order valence-electron chi connectivity index (χ4n) is 2.04. The molecule has 2 aromatic carbocycles. The molecule has 0 bridgehead atoms. The second-order valence-corrected chi connectivity index (χ2v) is 6.15. The average molecular weight is 396 g/mol. The molecule has 25 heavy (non-hydrogen) atoms. The van der Waals surface area contributed by atoms with Crippen molar-refractivity contribution >= 4 is 28.9 Å². The number of halogens is 5. The van der Waals surface area contributed by atoms with Crippen molar-refractivity contribution in [3.8, 4) is 11.5 Å². The molecule has 2 aromatic rings. The van der Waals surface area contributed by atoms with Crippen molar-refractivity contribution in [2.75, 3.05) is 7.11 Å². The maximum absolute atomic E-state index is 12.4. The molecule has 0 aliphatic rings. The predicted octanol–water partition coefficient (Wildman–Crippen LogP) is 5.18. The summed E-state index contributed by atoms with van der Waals surface area (Å²) in [5.74, 6) is -0.398. The van der Waals surface area contributed by atoms with Crippen LogP contribution < -0.4 is 9.47 Å². The number of nitro benzene ring substituents is 1. The molecule has 0 saturated carbocycles. The minimum atomic E-state index is -4.88. The van der Waals surface area contributed by atoms with E-state index >= 15 is 0 Å². The zero-order chi connectivity index (χ0) is 18.8. The maximum Gasteiger partial charge on any atom is 0.573 e. The predicted molar refractivity (Wildman–Crippen MR) is 85.3 cm³/mol. The molecule has 0 radical (unpaired) electrons. The number of benzene rings is 2. The molecule has 0 N–H and O–H groups in total. The first kappa shape index (κ1) is 19.1. The highest BCUT2D eigenvalue weighted by Gasteiger charge is 2.34. The molecule has 134 valence electrons. The Bertz CT molecular complexity index is 797. The Morgan fingerprint density at radius 3 is 2.24 bits per heavy atom. The fraction of sp³-hybridized carbons (Fsp3) is 0.200. The van der Waals surface area contributed by atoms with Crippen LogP contribution in [0.2, 0.25) is 0 Å². The summed E-state index contributed by atoms with van der Waals surface area (Å²) < 4.78 is 44.0. The molecule has 0 amide bonds. The first-order chi connectivity index (χ1) is 11.5. The van der Waals surface area contributed by atoms with E-state index in [4.69, 9.17) is 27.9 Å². The first-order valence-electron chi connectivity index (χ1n) is 6.61. The number of alkyl halides is 5. The number of non-ortho nitro benzene ring substituents is 1. The highest BCUT2D eigenvalue weighted by atomic mass is 35.5. The second-order valence-electron chi connectivity index (χ2n) is 4.83. The van der Waals surface area contributed by atoms with Gasteiger partial charge in [-0.1, -0.05) is 35.3 Å². The lowest BCUT2D eigenvalue weighted by atomic mass is 10.0. The summed E-state index contributed by atoms with van der Waals surface area (Å²) in [6, 6.07) is 8.34. The largest absolute Gasteiger partial charge is 0.573 e. The normalized spacial score (nSPS) is 11.9. The van der Waals surface area contributed by atoms with Gasteiger partial charge in [-0.2, -0.15) is 0 Å². The highest BCUT2D eigenvalue weighted by Crippen LogP contribution is 2.44. The van der Waals surface area contributed by atoms with Gasteiger partial charge < -0.3 is 9.47 Å². The molecule has 0 aromatic heterocycles. The van der Waals surface area contributed by atoms with Gasteiger partial charge in [-0.25, -0.2) is 0 Å². The maximum atomic E-state index is 12.4. The van der Waals surface area contributed by atoms with Crippen LogP contribution in [0, 0.1) is 10.1 Å². The Morgan fingerprint density at radius 2 is 1.68 bits per heavy atom. The van der Waals surface area contributed by atoms with E-state index in [1.165, 1.54) is 25.3 Å². The van der Waals surface area contributed by atoms with Crippen molar-refractivity contribution in [1.82, 2.24) is 0 Å². The number of ether oxygens (including phenoxy) is 2. The van der Waals surface area contributed by atoms with Crippen molar-refractivity contribution in [3.63, 3.8) is 0 Å². The van der Waals surface area contributed by atoms with E-state index in [0.717, 1.165) is 24.3 Å². The van der Waals surface area contributed by atoms with Gasteiger partial charge >= 0.3 is 6.36 Å². The van der Waals surface area contributed by atoms with E-state index in [-0.39, 0.29) is 22.6 Å². The van der Waals surface area contributed by atoms with E-state index < -0.39 is 21.4 Å². The summed E-state index contributed by atoms with van der Waals surface area (Å²) >= 11 is 12.6. The van der Waals surface area contributed by atoms with E-state index in [1.807, 2.05) is 0 Å². The van der Waals surface area contributed by atoms with Gasteiger partial charge in [0.25, 0.3) is 5.69 Å². The van der Waals surface area contributed by atoms with Crippen molar-refractivity contribution in [2.45, 2.75) is 10.7 Å². The molecule has 0 aliphatic carbocycles. The van der Waals surface area contributed by atoms with Crippen LogP contribution in [-0.4, -0.2) is 18.4 Å². The summed E-state index contributed by atoms with van der Waals surface area (Å²) in [7, 11) is 1.30. The molecule has 0 atom stereocenters. The van der Waals surface area contributed by atoms with Crippen LogP contribution in [0.15, 0.2) is 42.5 Å². The highest BCUT2D eigenvalue weighted by molar-refractivity contribution is 6.50. The number of nitro groups is 1. The Kier molecular flexibility index (Phi) is 5.34. The van der Waals surface area contributed by atoms with Crippen LogP contribution in [0.1, 0.15) is 11.1 Å². The summed E-state index contributed by atoms with van der Waals surface area (Å²) in [6.07, 6.45) is -4.88. The van der Waals surface area contributed by atoms with Crippen molar-refractivity contribution in [3.05, 3.63) is 63.7 Å². The summed E-state index contributed by atoms with van der Waals surface area (Å²) in [4.78, 5) is 10.3. The van der Waals surface area contributed by atoms with Gasteiger partial charge in [0.2, 0.25) is 0 Å². The number of hydrogen-bond donors (Lipinski definition) is 0. The van der Waals surface area contributed by atoms with Gasteiger partial charge in [-0.05, 0) is 23.8 Å². The zero-order valence-corrected chi connectivity index (χ0v) is 14.0. The van der Waals surface area contributed by atoms with E-state index in [2.05, 4.69) is 4.74 Å². The third-order valence-corrected chi connectivity index (χ3v) is 4.00. The summed E-state index contributed by atoms with van der Waals surface area (Å²) in [6.45, 7) is 0. The van der Waals surface area contributed by atoms with Crippen LogP contribution in [-0.2, 0) is 4.33 Å². The van der Waals surface area contributed by atoms with Crippen molar-refractivity contribution in [1.29, 1.82) is 0 Å². The minimum Gasteiger partial charge on any atom is -0.496 e. The molecule has 0 spiro atoms. The number of hydrogen-bond acceptors (Lipinski definition) is 4. The van der Waals surface area contributed by atoms with Gasteiger partial charge in [0.15, 0.2) is 4.33 Å². The lowest BCUT2D eigenvalue weighted by Gasteiger charge is -2.22. The van der Waals surface area contributed by atoms with Crippen LogP contribution in [0.5, 0.6) is 11.5 Å². The SMILES string of the molecule is COc1cc([N+](=O)[O-])cc(C(Cl)(Cl)c2cccc(OC(F)(F)F)c2)c1. The van der Waals surface area contributed by atoms with Gasteiger partial charge in [0.1, 0.15) is 11.5 Å². The van der Waals surface area contributed by atoms with Crippen LogP contribution in [0.3, 0.4) is 0 Å². The lowest BCUT2D eigenvalue weighted by Crippen LogP contribution is -2.18. The van der Waals surface area contributed by atoms with Crippen LogP contribution >= 0.6 is 23.2 Å². The monoisotopic (exact) mass is 395 g/mol. The average Bonchev–Trinajstić information content (AvgIpc) is 2.53. The number of rotatable bonds is 5. The zero-order valence-electron chi connectivity index (χ0n) is 12.5. The first-order valence-corrected chi connectivity index (χ1v) is 7.36. The van der Waals surface area contributed by atoms with Gasteiger partial charge in [-0.15, -0.1) is 13.2 Å². The van der Waals surface area contributed by atoms with Crippen molar-refractivity contribution in [2.24, 2.45) is 0 Å². The van der Waals surface area contributed by atoms with Gasteiger partial charge in [-0.3, -0.25) is 10.1 Å². The molecule has 0 aliphatic heterocycles. The smallest absolute Gasteiger partial charge is 0.496 e. The Balaban J connectivity index is 2.49. The Labute approximate surface area is 150 Å². The summed E-state index contributed by atoms with van der Waals surface area (Å²) in [5, 5.41) is 11.0. The van der Waals surface area contributed by atoms with Crippen LogP contribution in [0.25, 0.3) is 0 Å². The van der Waals surface area contributed by atoms with Gasteiger partial charge in [0, 0.05) is 11.6 Å². The lowest BCUT2D eigenvalue weighted by molar-refractivity contribution is -0.385. The molecule has 0 fully saturated rings. The Hall–Kier alpha value is -2.19. The molecule has 5 nitrogen and oxygen atoms in total. The molecule has 0 unspecified atom stereocenters. The topological polar surface area (TPSA) is 61.6 Å².